The number of ether oxygens (including phenoxy) is 4. The van der Waals surface area contributed by atoms with Crippen LogP contribution in [-0.2, 0) is 18.9 Å². The molecule has 0 bridgehead atoms. The molecule has 2 heterocycles. The van der Waals surface area contributed by atoms with Gasteiger partial charge in [0.05, 0.1) is 6.61 Å². The van der Waals surface area contributed by atoms with Crippen molar-refractivity contribution in [1.29, 1.82) is 0 Å². The van der Waals surface area contributed by atoms with Gasteiger partial charge < -0.3 is 29.2 Å². The lowest BCUT2D eigenvalue weighted by molar-refractivity contribution is -0.361. The summed E-state index contributed by atoms with van der Waals surface area (Å²) in [7, 11) is 0. The smallest absolute Gasteiger partial charge is 0.186 e. The highest BCUT2D eigenvalue weighted by molar-refractivity contribution is 5.16. The van der Waals surface area contributed by atoms with Gasteiger partial charge in [-0.05, 0) is 6.42 Å². The highest BCUT2D eigenvalue weighted by Crippen LogP contribution is 2.34. The lowest BCUT2D eigenvalue weighted by Crippen LogP contribution is -2.62. The Morgan fingerprint density at radius 3 is 2.48 bits per heavy atom. The van der Waals surface area contributed by atoms with E-state index in [2.05, 4.69) is 6.92 Å². The monoisotopic (exact) mass is 380 g/mol. The minimum Gasteiger partial charge on any atom is -0.387 e. The van der Waals surface area contributed by atoms with E-state index in [9.17, 15) is 10.2 Å². The Morgan fingerprint density at radius 2 is 1.70 bits per heavy atom. The molecule has 6 heteroatoms. The second-order valence-electron chi connectivity index (χ2n) is 7.34. The van der Waals surface area contributed by atoms with Crippen LogP contribution < -0.4 is 0 Å². The van der Waals surface area contributed by atoms with E-state index < -0.39 is 37.0 Å². The summed E-state index contributed by atoms with van der Waals surface area (Å²) in [6, 6.07) is 9.54. The fraction of sp³-hybridized carbons (Fsp3) is 0.714. The third kappa shape index (κ3) is 5.50. The molecule has 2 fully saturated rings. The van der Waals surface area contributed by atoms with Crippen molar-refractivity contribution in [2.24, 2.45) is 0 Å². The van der Waals surface area contributed by atoms with Gasteiger partial charge in [0.15, 0.2) is 12.6 Å². The van der Waals surface area contributed by atoms with E-state index >= 15 is 0 Å². The Labute approximate surface area is 161 Å². The first-order valence-electron chi connectivity index (χ1n) is 10.2. The molecule has 0 spiro atoms. The molecule has 0 saturated carbocycles. The van der Waals surface area contributed by atoms with Crippen LogP contribution in [0.5, 0.6) is 0 Å². The fourth-order valence-corrected chi connectivity index (χ4v) is 3.58. The SMILES string of the molecule is CCCCCCCCO[C@@H]1O[C@@H]2CO[C@@H](c3ccccc3)O[C@H]2[C@@H](O)[C@H]1O. The molecule has 1 aromatic carbocycles. The van der Waals surface area contributed by atoms with Crippen molar-refractivity contribution >= 4 is 0 Å². The summed E-state index contributed by atoms with van der Waals surface area (Å²) in [6.45, 7) is 2.99. The molecule has 27 heavy (non-hydrogen) atoms. The standard InChI is InChI=1S/C21H32O6/c1-2-3-4-5-6-10-13-24-21-18(23)17(22)19-16(26-21)14-25-20(27-19)15-11-8-7-9-12-15/h7-9,11-12,16-23H,2-6,10,13-14H2,1H3/t16-,17+,18-,19-,20-,21-/m1/s1. The van der Waals surface area contributed by atoms with Gasteiger partial charge in [0, 0.05) is 12.2 Å². The van der Waals surface area contributed by atoms with Gasteiger partial charge in [0.2, 0.25) is 0 Å². The average Bonchev–Trinajstić information content (AvgIpc) is 2.71. The van der Waals surface area contributed by atoms with Gasteiger partial charge >= 0.3 is 0 Å². The molecule has 6 atom stereocenters. The third-order valence-corrected chi connectivity index (χ3v) is 5.19. The van der Waals surface area contributed by atoms with Crippen molar-refractivity contribution in [2.45, 2.75) is 82.4 Å². The molecule has 0 aliphatic carbocycles. The molecule has 2 aliphatic heterocycles. The van der Waals surface area contributed by atoms with Gasteiger partial charge in [-0.3, -0.25) is 0 Å². The average molecular weight is 380 g/mol. The van der Waals surface area contributed by atoms with Gasteiger partial charge in [-0.1, -0.05) is 69.4 Å². The zero-order chi connectivity index (χ0) is 19.1. The molecule has 0 aromatic heterocycles. The highest BCUT2D eigenvalue weighted by atomic mass is 16.8. The minimum absolute atomic E-state index is 0.283. The molecule has 0 radical (unpaired) electrons. The number of fused-ring (bicyclic) bond motifs is 1. The van der Waals surface area contributed by atoms with Crippen LogP contribution in [0.1, 0.15) is 57.3 Å². The van der Waals surface area contributed by atoms with Gasteiger partial charge in [0.1, 0.15) is 24.4 Å². The minimum atomic E-state index is -1.14. The molecule has 0 unspecified atom stereocenters. The maximum absolute atomic E-state index is 10.5. The first kappa shape index (κ1) is 20.7. The van der Waals surface area contributed by atoms with Crippen LogP contribution in [0, 0.1) is 0 Å². The zero-order valence-corrected chi connectivity index (χ0v) is 16.0. The van der Waals surface area contributed by atoms with Crippen LogP contribution in [0.2, 0.25) is 0 Å². The Balaban J connectivity index is 1.46. The lowest BCUT2D eigenvalue weighted by atomic mass is 9.98. The summed E-state index contributed by atoms with van der Waals surface area (Å²) >= 11 is 0. The summed E-state index contributed by atoms with van der Waals surface area (Å²) in [5, 5.41) is 20.9. The van der Waals surface area contributed by atoms with E-state index in [0.29, 0.717) is 6.61 Å². The number of benzene rings is 1. The molecule has 2 N–H and O–H groups in total. The zero-order valence-electron chi connectivity index (χ0n) is 16.0. The molecular formula is C21H32O6. The third-order valence-electron chi connectivity index (χ3n) is 5.19. The molecule has 6 nitrogen and oxygen atoms in total. The summed E-state index contributed by atoms with van der Waals surface area (Å²) < 4.78 is 23.1. The molecule has 2 aliphatic rings. The molecule has 1 aromatic rings. The Morgan fingerprint density at radius 1 is 0.963 bits per heavy atom. The Hall–Kier alpha value is -1.02. The maximum Gasteiger partial charge on any atom is 0.186 e. The van der Waals surface area contributed by atoms with Crippen molar-refractivity contribution < 1.29 is 29.2 Å². The van der Waals surface area contributed by atoms with Crippen molar-refractivity contribution in [3.05, 3.63) is 35.9 Å². The second-order valence-corrected chi connectivity index (χ2v) is 7.34. The van der Waals surface area contributed by atoms with Crippen molar-refractivity contribution in [3.63, 3.8) is 0 Å². The highest BCUT2D eigenvalue weighted by Gasteiger charge is 2.49. The molecule has 0 amide bonds. The normalized spacial score (nSPS) is 33.6. The van der Waals surface area contributed by atoms with Gasteiger partial charge in [-0.15, -0.1) is 0 Å². The van der Waals surface area contributed by atoms with Crippen LogP contribution in [0.15, 0.2) is 30.3 Å². The fourth-order valence-electron chi connectivity index (χ4n) is 3.58. The van der Waals surface area contributed by atoms with E-state index in [4.69, 9.17) is 18.9 Å². The first-order chi connectivity index (χ1) is 13.2. The number of hydrogen-bond acceptors (Lipinski definition) is 6. The van der Waals surface area contributed by atoms with Crippen molar-refractivity contribution in [1.82, 2.24) is 0 Å². The van der Waals surface area contributed by atoms with Gasteiger partial charge in [-0.25, -0.2) is 0 Å². The Bertz CT molecular complexity index is 537. The summed E-state index contributed by atoms with van der Waals surface area (Å²) in [5.41, 5.74) is 0.874. The van der Waals surface area contributed by atoms with Gasteiger partial charge in [-0.2, -0.15) is 0 Å². The van der Waals surface area contributed by atoms with E-state index in [-0.39, 0.29) is 6.61 Å². The Kier molecular flexibility index (Phi) is 8.06. The summed E-state index contributed by atoms with van der Waals surface area (Å²) in [5.74, 6) is 0. The van der Waals surface area contributed by atoms with E-state index in [1.807, 2.05) is 30.3 Å². The van der Waals surface area contributed by atoms with Crippen LogP contribution in [-0.4, -0.2) is 54.1 Å². The van der Waals surface area contributed by atoms with Crippen LogP contribution in [0.3, 0.4) is 0 Å². The van der Waals surface area contributed by atoms with Crippen LogP contribution in [0.4, 0.5) is 0 Å². The van der Waals surface area contributed by atoms with Gasteiger partial charge in [0.25, 0.3) is 0 Å². The van der Waals surface area contributed by atoms with E-state index in [1.165, 1.54) is 25.7 Å². The molecule has 2 saturated heterocycles. The van der Waals surface area contributed by atoms with Crippen molar-refractivity contribution in [3.8, 4) is 0 Å². The molecule has 3 rings (SSSR count). The van der Waals surface area contributed by atoms with E-state index in [1.54, 1.807) is 0 Å². The molecule has 152 valence electrons. The molecular weight excluding hydrogens is 348 g/mol. The van der Waals surface area contributed by atoms with Crippen molar-refractivity contribution in [2.75, 3.05) is 13.2 Å². The summed E-state index contributed by atoms with van der Waals surface area (Å²) in [4.78, 5) is 0. The lowest BCUT2D eigenvalue weighted by Gasteiger charge is -2.46. The quantitative estimate of drug-likeness (QED) is 0.642. The summed E-state index contributed by atoms with van der Waals surface area (Å²) in [6.07, 6.45) is 2.22. The second kappa shape index (κ2) is 10.5. The van der Waals surface area contributed by atoms with Crippen LogP contribution >= 0.6 is 0 Å². The van der Waals surface area contributed by atoms with E-state index in [0.717, 1.165) is 18.4 Å². The number of aliphatic hydroxyl groups is 2. The predicted octanol–water partition coefficient (Wildman–Crippen LogP) is 2.92. The number of rotatable bonds is 9. The topological polar surface area (TPSA) is 77.4 Å². The largest absolute Gasteiger partial charge is 0.387 e. The maximum atomic E-state index is 10.5. The predicted molar refractivity (Wildman–Crippen MR) is 100 cm³/mol. The van der Waals surface area contributed by atoms with Crippen LogP contribution in [0.25, 0.3) is 0 Å². The number of aliphatic hydroxyl groups excluding tert-OH is 2. The number of unbranched alkanes of at least 4 members (excludes halogenated alkanes) is 5. The first-order valence-corrected chi connectivity index (χ1v) is 10.2. The number of hydrogen-bond donors (Lipinski definition) is 2.